The number of benzene rings is 1. The summed E-state index contributed by atoms with van der Waals surface area (Å²) >= 11 is 3.08. The number of nitrogens with two attached hydrogens (primary N) is 1. The fourth-order valence-electron chi connectivity index (χ4n) is 1.81. The standard InChI is InChI=1S/C11H14BrN5O2S/c1-6-4-5-8(13)7(2)9(6)15-20(18,19)11-10(12)14-16-17(11)3/h4-5,15H,13H2,1-3H3. The van der Waals surface area contributed by atoms with Crippen LogP contribution < -0.4 is 10.5 Å². The highest BCUT2D eigenvalue weighted by Crippen LogP contribution is 2.28. The fourth-order valence-corrected chi connectivity index (χ4v) is 4.10. The monoisotopic (exact) mass is 359 g/mol. The highest BCUT2D eigenvalue weighted by Gasteiger charge is 2.25. The van der Waals surface area contributed by atoms with E-state index in [0.717, 1.165) is 5.56 Å². The van der Waals surface area contributed by atoms with Gasteiger partial charge in [0.05, 0.1) is 5.69 Å². The number of aromatic nitrogens is 3. The number of sulfonamides is 1. The van der Waals surface area contributed by atoms with E-state index in [2.05, 4.69) is 31.0 Å². The van der Waals surface area contributed by atoms with Crippen LogP contribution in [-0.4, -0.2) is 23.4 Å². The summed E-state index contributed by atoms with van der Waals surface area (Å²) in [6.07, 6.45) is 0. The first-order chi connectivity index (χ1) is 9.24. The lowest BCUT2D eigenvalue weighted by molar-refractivity contribution is 0.578. The zero-order valence-corrected chi connectivity index (χ0v) is 13.6. The average Bonchev–Trinajstić information content (AvgIpc) is 2.70. The Morgan fingerprint density at radius 3 is 2.55 bits per heavy atom. The average molecular weight is 360 g/mol. The second-order valence-electron chi connectivity index (χ2n) is 4.39. The zero-order chi connectivity index (χ0) is 15.1. The van der Waals surface area contributed by atoms with Crippen LogP contribution in [0.15, 0.2) is 21.8 Å². The first kappa shape index (κ1) is 14.8. The van der Waals surface area contributed by atoms with Crippen molar-refractivity contribution in [2.75, 3.05) is 10.5 Å². The molecule has 7 nitrogen and oxygen atoms in total. The van der Waals surface area contributed by atoms with E-state index >= 15 is 0 Å². The summed E-state index contributed by atoms with van der Waals surface area (Å²) in [5.41, 5.74) is 8.27. The van der Waals surface area contributed by atoms with Gasteiger partial charge < -0.3 is 5.73 Å². The van der Waals surface area contributed by atoms with Crippen molar-refractivity contribution in [3.63, 3.8) is 0 Å². The number of nitrogens with one attached hydrogen (secondary N) is 1. The predicted octanol–water partition coefficient (Wildman–Crippen LogP) is 1.58. The number of nitrogens with zero attached hydrogens (tertiary/aromatic N) is 3. The van der Waals surface area contributed by atoms with E-state index in [9.17, 15) is 8.42 Å². The molecule has 0 radical (unpaired) electrons. The molecule has 0 unspecified atom stereocenters. The lowest BCUT2D eigenvalue weighted by Gasteiger charge is -2.14. The third-order valence-corrected chi connectivity index (χ3v) is 5.18. The van der Waals surface area contributed by atoms with Gasteiger partial charge in [-0.3, -0.25) is 4.72 Å². The van der Waals surface area contributed by atoms with Crippen LogP contribution in [0.1, 0.15) is 11.1 Å². The van der Waals surface area contributed by atoms with Gasteiger partial charge in [-0.1, -0.05) is 11.3 Å². The molecule has 3 N–H and O–H groups in total. The van der Waals surface area contributed by atoms with Crippen LogP contribution in [-0.2, 0) is 17.1 Å². The predicted molar refractivity (Wildman–Crippen MR) is 79.8 cm³/mol. The Bertz CT molecular complexity index is 750. The van der Waals surface area contributed by atoms with Gasteiger partial charge in [0.1, 0.15) is 0 Å². The Hall–Kier alpha value is -1.61. The van der Waals surface area contributed by atoms with E-state index in [1.165, 1.54) is 11.7 Å². The minimum absolute atomic E-state index is 0.0428. The molecule has 2 aromatic rings. The van der Waals surface area contributed by atoms with Gasteiger partial charge in [0.25, 0.3) is 10.0 Å². The number of halogens is 1. The van der Waals surface area contributed by atoms with E-state index in [4.69, 9.17) is 5.73 Å². The normalized spacial score (nSPS) is 11.6. The molecule has 0 fully saturated rings. The quantitative estimate of drug-likeness (QED) is 0.809. The molecule has 1 aromatic heterocycles. The third kappa shape index (κ3) is 2.50. The second-order valence-corrected chi connectivity index (χ2v) is 6.74. The summed E-state index contributed by atoms with van der Waals surface area (Å²) in [6, 6.07) is 3.50. The van der Waals surface area contributed by atoms with E-state index in [1.807, 2.05) is 0 Å². The Balaban J connectivity index is 2.53. The molecular weight excluding hydrogens is 346 g/mol. The van der Waals surface area contributed by atoms with E-state index in [-0.39, 0.29) is 9.63 Å². The molecule has 20 heavy (non-hydrogen) atoms. The van der Waals surface area contributed by atoms with Gasteiger partial charge in [0.2, 0.25) is 5.03 Å². The number of rotatable bonds is 3. The molecule has 0 aliphatic carbocycles. The number of nitrogen functional groups attached to an aromatic ring is 1. The zero-order valence-electron chi connectivity index (χ0n) is 11.2. The molecule has 0 saturated heterocycles. The van der Waals surface area contributed by atoms with Crippen LogP contribution in [0.2, 0.25) is 0 Å². The van der Waals surface area contributed by atoms with Crippen molar-refractivity contribution in [1.29, 1.82) is 0 Å². The summed E-state index contributed by atoms with van der Waals surface area (Å²) < 4.78 is 28.8. The van der Waals surface area contributed by atoms with Crippen molar-refractivity contribution in [1.82, 2.24) is 15.0 Å². The molecule has 0 spiro atoms. The summed E-state index contributed by atoms with van der Waals surface area (Å²) in [5, 5.41) is 7.29. The largest absolute Gasteiger partial charge is 0.398 e. The maximum atomic E-state index is 12.4. The van der Waals surface area contributed by atoms with Crippen molar-refractivity contribution in [2.24, 2.45) is 7.05 Å². The molecular formula is C11H14BrN5O2S. The minimum Gasteiger partial charge on any atom is -0.398 e. The van der Waals surface area contributed by atoms with E-state index < -0.39 is 10.0 Å². The summed E-state index contributed by atoms with van der Waals surface area (Å²) in [5.74, 6) is 0. The van der Waals surface area contributed by atoms with Crippen molar-refractivity contribution in [3.8, 4) is 0 Å². The lowest BCUT2D eigenvalue weighted by atomic mass is 10.1. The number of hydrogen-bond acceptors (Lipinski definition) is 5. The molecule has 0 saturated carbocycles. The van der Waals surface area contributed by atoms with Gasteiger partial charge in [-0.25, -0.2) is 4.68 Å². The van der Waals surface area contributed by atoms with Crippen LogP contribution in [0.25, 0.3) is 0 Å². The molecule has 0 bridgehead atoms. The minimum atomic E-state index is -3.81. The lowest BCUT2D eigenvalue weighted by Crippen LogP contribution is -2.18. The molecule has 1 aromatic carbocycles. The van der Waals surface area contributed by atoms with Gasteiger partial charge >= 0.3 is 0 Å². The summed E-state index contributed by atoms with van der Waals surface area (Å²) in [4.78, 5) is 0. The Morgan fingerprint density at radius 2 is 2.00 bits per heavy atom. The SMILES string of the molecule is Cc1ccc(N)c(C)c1NS(=O)(=O)c1c(Br)nnn1C. The number of hydrogen-bond donors (Lipinski definition) is 2. The van der Waals surface area contributed by atoms with Gasteiger partial charge in [0, 0.05) is 12.7 Å². The first-order valence-electron chi connectivity index (χ1n) is 5.67. The van der Waals surface area contributed by atoms with Gasteiger partial charge in [-0.2, -0.15) is 8.42 Å². The molecule has 1 heterocycles. The highest BCUT2D eigenvalue weighted by molar-refractivity contribution is 9.10. The molecule has 0 aliphatic heterocycles. The number of anilines is 2. The maximum Gasteiger partial charge on any atom is 0.281 e. The van der Waals surface area contributed by atoms with Gasteiger partial charge in [-0.15, -0.1) is 5.10 Å². The topological polar surface area (TPSA) is 103 Å². The molecule has 0 aliphatic rings. The van der Waals surface area contributed by atoms with Gasteiger partial charge in [-0.05, 0) is 47.0 Å². The molecule has 0 amide bonds. The Kier molecular flexibility index (Phi) is 3.74. The van der Waals surface area contributed by atoms with Crippen LogP contribution in [0, 0.1) is 13.8 Å². The van der Waals surface area contributed by atoms with Crippen molar-refractivity contribution in [2.45, 2.75) is 18.9 Å². The van der Waals surface area contributed by atoms with Crippen LogP contribution in [0.5, 0.6) is 0 Å². The Morgan fingerprint density at radius 1 is 1.35 bits per heavy atom. The summed E-state index contributed by atoms with van der Waals surface area (Å²) in [6.45, 7) is 3.57. The van der Waals surface area contributed by atoms with Crippen LogP contribution in [0.3, 0.4) is 0 Å². The summed E-state index contributed by atoms with van der Waals surface area (Å²) in [7, 11) is -2.30. The number of aryl methyl sites for hydroxylation is 2. The van der Waals surface area contributed by atoms with E-state index in [0.29, 0.717) is 16.9 Å². The maximum absolute atomic E-state index is 12.4. The fraction of sp³-hybridized carbons (Fsp3) is 0.273. The van der Waals surface area contributed by atoms with Crippen LogP contribution in [0.4, 0.5) is 11.4 Å². The molecule has 9 heteroatoms. The first-order valence-corrected chi connectivity index (χ1v) is 7.95. The Labute approximate surface area is 125 Å². The van der Waals surface area contributed by atoms with Crippen molar-refractivity contribution < 1.29 is 8.42 Å². The van der Waals surface area contributed by atoms with Crippen molar-refractivity contribution >= 4 is 37.3 Å². The highest BCUT2D eigenvalue weighted by atomic mass is 79.9. The molecule has 2 rings (SSSR count). The molecule has 0 atom stereocenters. The van der Waals surface area contributed by atoms with Crippen molar-refractivity contribution in [3.05, 3.63) is 27.9 Å². The molecule has 108 valence electrons. The smallest absolute Gasteiger partial charge is 0.281 e. The third-order valence-electron chi connectivity index (χ3n) is 2.94. The van der Waals surface area contributed by atoms with Crippen LogP contribution >= 0.6 is 15.9 Å². The van der Waals surface area contributed by atoms with Gasteiger partial charge in [0.15, 0.2) is 4.60 Å². The van der Waals surface area contributed by atoms with E-state index in [1.54, 1.807) is 26.0 Å². The second kappa shape index (κ2) is 5.06.